The SMILES string of the molecule is CNC(=O)NC(=O)[C@@H](C)N[C@H](c1ccc(CC(C)C)cc1)C(C)C. The first kappa shape index (κ1) is 20.2. The third-order valence-electron chi connectivity index (χ3n) is 3.94. The van der Waals surface area contributed by atoms with Gasteiger partial charge in [0, 0.05) is 13.1 Å². The van der Waals surface area contributed by atoms with Crippen molar-refractivity contribution < 1.29 is 9.59 Å². The molecular weight excluding hydrogens is 302 g/mol. The van der Waals surface area contributed by atoms with E-state index in [1.807, 2.05) is 0 Å². The highest BCUT2D eigenvalue weighted by Crippen LogP contribution is 2.23. The summed E-state index contributed by atoms with van der Waals surface area (Å²) in [6, 6.07) is 7.64. The average Bonchev–Trinajstić information content (AvgIpc) is 2.52. The van der Waals surface area contributed by atoms with Gasteiger partial charge in [-0.15, -0.1) is 0 Å². The molecule has 0 saturated carbocycles. The number of imide groups is 1. The fourth-order valence-corrected chi connectivity index (χ4v) is 2.63. The van der Waals surface area contributed by atoms with Gasteiger partial charge < -0.3 is 5.32 Å². The summed E-state index contributed by atoms with van der Waals surface area (Å²) < 4.78 is 0. The number of nitrogens with one attached hydrogen (secondary N) is 3. The largest absolute Gasteiger partial charge is 0.341 e. The van der Waals surface area contributed by atoms with E-state index in [9.17, 15) is 9.59 Å². The van der Waals surface area contributed by atoms with Crippen molar-refractivity contribution in [3.63, 3.8) is 0 Å². The highest BCUT2D eigenvalue weighted by molar-refractivity contribution is 5.96. The zero-order chi connectivity index (χ0) is 18.3. The van der Waals surface area contributed by atoms with Gasteiger partial charge in [-0.2, -0.15) is 0 Å². The molecule has 0 fully saturated rings. The van der Waals surface area contributed by atoms with Crippen LogP contribution in [0.15, 0.2) is 24.3 Å². The quantitative estimate of drug-likeness (QED) is 0.718. The van der Waals surface area contributed by atoms with Gasteiger partial charge in [0.2, 0.25) is 5.91 Å². The Labute approximate surface area is 145 Å². The number of carbonyl (C=O) groups is 2. The van der Waals surface area contributed by atoms with E-state index in [0.29, 0.717) is 11.8 Å². The molecule has 1 aromatic carbocycles. The zero-order valence-electron chi connectivity index (χ0n) is 15.6. The summed E-state index contributed by atoms with van der Waals surface area (Å²) in [4.78, 5) is 23.3. The predicted octanol–water partition coefficient (Wildman–Crippen LogP) is 3.02. The third-order valence-corrected chi connectivity index (χ3v) is 3.94. The van der Waals surface area contributed by atoms with Gasteiger partial charge >= 0.3 is 6.03 Å². The van der Waals surface area contributed by atoms with Crippen LogP contribution in [-0.4, -0.2) is 25.0 Å². The van der Waals surface area contributed by atoms with Crippen molar-refractivity contribution in [3.05, 3.63) is 35.4 Å². The van der Waals surface area contributed by atoms with Crippen LogP contribution >= 0.6 is 0 Å². The molecule has 0 unspecified atom stereocenters. The maximum absolute atomic E-state index is 12.0. The lowest BCUT2D eigenvalue weighted by Crippen LogP contribution is -2.48. The Balaban J connectivity index is 2.79. The molecule has 134 valence electrons. The zero-order valence-corrected chi connectivity index (χ0v) is 15.6. The van der Waals surface area contributed by atoms with E-state index in [2.05, 4.69) is 67.9 Å². The second-order valence-corrected chi connectivity index (χ2v) is 7.02. The molecular formula is C19H31N3O2. The van der Waals surface area contributed by atoms with Crippen LogP contribution in [0, 0.1) is 11.8 Å². The van der Waals surface area contributed by atoms with E-state index in [0.717, 1.165) is 12.0 Å². The van der Waals surface area contributed by atoms with Crippen molar-refractivity contribution in [2.45, 2.75) is 53.1 Å². The van der Waals surface area contributed by atoms with Gasteiger partial charge in [0.05, 0.1) is 6.04 Å². The number of urea groups is 1. The monoisotopic (exact) mass is 333 g/mol. The summed E-state index contributed by atoms with van der Waals surface area (Å²) in [6.07, 6.45) is 1.06. The summed E-state index contributed by atoms with van der Waals surface area (Å²) in [5.41, 5.74) is 2.47. The van der Waals surface area contributed by atoms with Crippen molar-refractivity contribution in [3.8, 4) is 0 Å². The first-order valence-electron chi connectivity index (χ1n) is 8.62. The lowest BCUT2D eigenvalue weighted by Gasteiger charge is -2.26. The lowest BCUT2D eigenvalue weighted by atomic mass is 9.93. The Morgan fingerprint density at radius 1 is 1.00 bits per heavy atom. The molecule has 1 aromatic rings. The minimum absolute atomic E-state index is 0.0449. The van der Waals surface area contributed by atoms with Crippen LogP contribution in [0.25, 0.3) is 0 Å². The standard InChI is InChI=1S/C19H31N3O2/c1-12(2)11-15-7-9-16(10-8-15)17(13(3)4)21-14(5)18(23)22-19(24)20-6/h7-10,12-14,17,21H,11H2,1-6H3,(H2,20,22,23,24)/t14-,17+/m1/s1. The molecule has 0 aromatic heterocycles. The Kier molecular flexibility index (Phi) is 7.92. The number of rotatable bonds is 7. The molecule has 2 atom stereocenters. The number of benzene rings is 1. The van der Waals surface area contributed by atoms with Gasteiger partial charge in [-0.05, 0) is 36.3 Å². The molecule has 24 heavy (non-hydrogen) atoms. The molecule has 5 nitrogen and oxygen atoms in total. The van der Waals surface area contributed by atoms with Crippen molar-refractivity contribution in [1.82, 2.24) is 16.0 Å². The highest BCUT2D eigenvalue weighted by Gasteiger charge is 2.22. The van der Waals surface area contributed by atoms with Crippen molar-refractivity contribution >= 4 is 11.9 Å². The molecule has 1 rings (SSSR count). The van der Waals surface area contributed by atoms with Gasteiger partial charge in [-0.25, -0.2) is 4.79 Å². The highest BCUT2D eigenvalue weighted by atomic mass is 16.2. The van der Waals surface area contributed by atoms with Gasteiger partial charge in [-0.1, -0.05) is 52.0 Å². The third kappa shape index (κ3) is 6.32. The fraction of sp³-hybridized carbons (Fsp3) is 0.579. The summed E-state index contributed by atoms with van der Waals surface area (Å²) in [5.74, 6) is 0.607. The lowest BCUT2D eigenvalue weighted by molar-refractivity contribution is -0.121. The van der Waals surface area contributed by atoms with Crippen LogP contribution in [0.3, 0.4) is 0 Å². The fourth-order valence-electron chi connectivity index (χ4n) is 2.63. The molecule has 0 aliphatic heterocycles. The first-order valence-corrected chi connectivity index (χ1v) is 8.62. The van der Waals surface area contributed by atoms with Gasteiger partial charge in [0.25, 0.3) is 0 Å². The van der Waals surface area contributed by atoms with E-state index in [4.69, 9.17) is 0 Å². The van der Waals surface area contributed by atoms with Crippen LogP contribution in [0.1, 0.15) is 51.8 Å². The minimum atomic E-state index is -0.493. The van der Waals surface area contributed by atoms with Gasteiger partial charge in [0.15, 0.2) is 0 Å². The van der Waals surface area contributed by atoms with E-state index < -0.39 is 12.1 Å². The number of hydrogen-bond acceptors (Lipinski definition) is 3. The molecule has 3 N–H and O–H groups in total. The summed E-state index contributed by atoms with van der Waals surface area (Å²) in [7, 11) is 1.48. The smallest absolute Gasteiger partial charge is 0.321 e. The average molecular weight is 333 g/mol. The van der Waals surface area contributed by atoms with Crippen LogP contribution in [0.2, 0.25) is 0 Å². The molecule has 0 aliphatic carbocycles. The van der Waals surface area contributed by atoms with Crippen LogP contribution < -0.4 is 16.0 Å². The summed E-state index contributed by atoms with van der Waals surface area (Å²) in [5, 5.41) is 8.02. The summed E-state index contributed by atoms with van der Waals surface area (Å²) in [6.45, 7) is 10.4. The van der Waals surface area contributed by atoms with Crippen LogP contribution in [0.5, 0.6) is 0 Å². The van der Waals surface area contributed by atoms with E-state index in [1.54, 1.807) is 6.92 Å². The number of amides is 3. The Morgan fingerprint density at radius 2 is 1.58 bits per heavy atom. The van der Waals surface area contributed by atoms with Gasteiger partial charge in [0.1, 0.15) is 0 Å². The van der Waals surface area contributed by atoms with Crippen LogP contribution in [0.4, 0.5) is 4.79 Å². The summed E-state index contributed by atoms with van der Waals surface area (Å²) >= 11 is 0. The maximum Gasteiger partial charge on any atom is 0.321 e. The van der Waals surface area contributed by atoms with Crippen LogP contribution in [-0.2, 0) is 11.2 Å². The number of hydrogen-bond donors (Lipinski definition) is 3. The Bertz CT molecular complexity index is 538. The molecule has 0 saturated heterocycles. The first-order chi connectivity index (χ1) is 11.2. The molecule has 0 aliphatic rings. The second-order valence-electron chi connectivity index (χ2n) is 7.02. The molecule has 0 radical (unpaired) electrons. The maximum atomic E-state index is 12.0. The predicted molar refractivity (Wildman–Crippen MR) is 97.8 cm³/mol. The molecule has 0 spiro atoms. The van der Waals surface area contributed by atoms with E-state index >= 15 is 0 Å². The number of carbonyl (C=O) groups excluding carboxylic acids is 2. The molecule has 3 amide bonds. The van der Waals surface area contributed by atoms with Crippen molar-refractivity contribution in [2.24, 2.45) is 11.8 Å². The Hall–Kier alpha value is -1.88. The van der Waals surface area contributed by atoms with E-state index in [-0.39, 0.29) is 11.9 Å². The van der Waals surface area contributed by atoms with Crippen molar-refractivity contribution in [1.29, 1.82) is 0 Å². The molecule has 0 bridgehead atoms. The molecule has 5 heteroatoms. The van der Waals surface area contributed by atoms with Gasteiger partial charge in [-0.3, -0.25) is 15.4 Å². The molecule has 0 heterocycles. The van der Waals surface area contributed by atoms with Crippen molar-refractivity contribution in [2.75, 3.05) is 7.05 Å². The normalized spacial score (nSPS) is 13.7. The van der Waals surface area contributed by atoms with E-state index in [1.165, 1.54) is 12.6 Å². The minimum Gasteiger partial charge on any atom is -0.341 e. The topological polar surface area (TPSA) is 70.2 Å². The second kappa shape index (κ2) is 9.42. The Morgan fingerprint density at radius 3 is 2.04 bits per heavy atom.